The number of ether oxygens (including phenoxy) is 1. The quantitative estimate of drug-likeness (QED) is 0.178. The molecule has 0 aliphatic heterocycles. The predicted octanol–water partition coefficient (Wildman–Crippen LogP) is 0.552. The van der Waals surface area contributed by atoms with Crippen molar-refractivity contribution in [2.24, 2.45) is 10.8 Å². The molecule has 0 heterocycles. The van der Waals surface area contributed by atoms with E-state index in [0.717, 1.165) is 39.1 Å². The lowest BCUT2D eigenvalue weighted by Gasteiger charge is -2.23. The average Bonchev–Trinajstić information content (AvgIpc) is 2.43. The Morgan fingerprint density at radius 2 is 2.16 bits per heavy atom. The fraction of sp³-hybridized carbons (Fsp3) is 0.923. The molecule has 114 valence electrons. The van der Waals surface area contributed by atoms with Gasteiger partial charge in [0, 0.05) is 38.9 Å². The minimum Gasteiger partial charge on any atom is -0.382 e. The summed E-state index contributed by atoms with van der Waals surface area (Å²) < 4.78 is 5.25. The number of rotatable bonds is 10. The molecule has 0 aliphatic rings. The predicted molar refractivity (Wildman–Crippen MR) is 81.1 cm³/mol. The second-order valence-corrected chi connectivity index (χ2v) is 4.59. The van der Waals surface area contributed by atoms with Crippen molar-refractivity contribution in [2.45, 2.75) is 39.7 Å². The first-order valence-corrected chi connectivity index (χ1v) is 7.18. The highest BCUT2D eigenvalue weighted by atomic mass is 16.5. The summed E-state index contributed by atoms with van der Waals surface area (Å²) in [7, 11) is 2.13. The van der Waals surface area contributed by atoms with E-state index in [-0.39, 0.29) is 0 Å². The maximum Gasteiger partial charge on any atom is 0.205 e. The van der Waals surface area contributed by atoms with Gasteiger partial charge in [-0.2, -0.15) is 0 Å². The van der Waals surface area contributed by atoms with Crippen LogP contribution in [-0.2, 0) is 4.74 Å². The Morgan fingerprint density at radius 1 is 1.42 bits per heavy atom. The number of guanidine groups is 1. The Kier molecular flexibility index (Phi) is 11.7. The van der Waals surface area contributed by atoms with Crippen molar-refractivity contribution in [3.05, 3.63) is 0 Å². The molecule has 0 fully saturated rings. The van der Waals surface area contributed by atoms with Crippen molar-refractivity contribution in [2.75, 3.05) is 39.9 Å². The van der Waals surface area contributed by atoms with Crippen LogP contribution in [-0.4, -0.2) is 56.8 Å². The van der Waals surface area contributed by atoms with Crippen LogP contribution < -0.4 is 16.6 Å². The zero-order valence-electron chi connectivity index (χ0n) is 12.9. The van der Waals surface area contributed by atoms with Gasteiger partial charge in [0.15, 0.2) is 0 Å². The molecule has 6 nitrogen and oxygen atoms in total. The van der Waals surface area contributed by atoms with Gasteiger partial charge in [0.05, 0.1) is 0 Å². The van der Waals surface area contributed by atoms with Crippen LogP contribution in [0.15, 0.2) is 4.99 Å². The molecular weight excluding hydrogens is 242 g/mol. The molecule has 0 amide bonds. The zero-order chi connectivity index (χ0) is 14.5. The molecule has 0 aromatic rings. The van der Waals surface area contributed by atoms with E-state index in [1.54, 1.807) is 0 Å². The Bertz CT molecular complexity index is 235. The van der Waals surface area contributed by atoms with Crippen LogP contribution in [0.2, 0.25) is 0 Å². The Hall–Kier alpha value is -0.850. The topological polar surface area (TPSA) is 74.9 Å². The lowest BCUT2D eigenvalue weighted by molar-refractivity contribution is 0.146. The number of aliphatic imine (C=N–C) groups is 1. The van der Waals surface area contributed by atoms with Crippen LogP contribution in [0.25, 0.3) is 0 Å². The van der Waals surface area contributed by atoms with Crippen molar-refractivity contribution in [3.63, 3.8) is 0 Å². The summed E-state index contributed by atoms with van der Waals surface area (Å²) in [5.74, 6) is 6.08. The first kappa shape index (κ1) is 18.1. The SMILES string of the molecule is CCOCCCN=C(NN)NCCN(C)C(C)CC. The standard InChI is InChI=1S/C13H31N5O/c1-5-12(3)18(4)10-9-16-13(17-14)15-8-7-11-19-6-2/h12H,5-11,14H2,1-4H3,(H2,15,16,17). The number of hydrogen-bond acceptors (Lipinski definition) is 4. The van der Waals surface area contributed by atoms with E-state index >= 15 is 0 Å². The van der Waals surface area contributed by atoms with Gasteiger partial charge < -0.3 is 15.0 Å². The fourth-order valence-electron chi connectivity index (χ4n) is 1.54. The van der Waals surface area contributed by atoms with Gasteiger partial charge >= 0.3 is 0 Å². The summed E-state index contributed by atoms with van der Waals surface area (Å²) in [5.41, 5.74) is 2.59. The highest BCUT2D eigenvalue weighted by molar-refractivity contribution is 5.79. The van der Waals surface area contributed by atoms with Crippen molar-refractivity contribution in [1.29, 1.82) is 0 Å². The van der Waals surface area contributed by atoms with Crippen LogP contribution in [0.4, 0.5) is 0 Å². The van der Waals surface area contributed by atoms with E-state index in [4.69, 9.17) is 10.6 Å². The van der Waals surface area contributed by atoms with Crippen LogP contribution in [0.1, 0.15) is 33.6 Å². The summed E-state index contributed by atoms with van der Waals surface area (Å²) in [6, 6.07) is 0.596. The van der Waals surface area contributed by atoms with Crippen LogP contribution in [0, 0.1) is 0 Å². The highest BCUT2D eigenvalue weighted by Crippen LogP contribution is 1.97. The van der Waals surface area contributed by atoms with E-state index in [2.05, 4.69) is 41.5 Å². The molecule has 0 saturated heterocycles. The monoisotopic (exact) mass is 273 g/mol. The molecule has 0 radical (unpaired) electrons. The molecule has 0 spiro atoms. The molecule has 0 aromatic carbocycles. The first-order chi connectivity index (χ1) is 9.15. The first-order valence-electron chi connectivity index (χ1n) is 7.18. The number of nitrogens with one attached hydrogen (secondary N) is 2. The molecule has 6 heteroatoms. The lowest BCUT2D eigenvalue weighted by atomic mass is 10.2. The van der Waals surface area contributed by atoms with Crippen molar-refractivity contribution < 1.29 is 4.74 Å². The molecule has 0 aliphatic carbocycles. The summed E-state index contributed by atoms with van der Waals surface area (Å²) in [4.78, 5) is 6.66. The van der Waals surface area contributed by atoms with Gasteiger partial charge in [0.1, 0.15) is 0 Å². The third-order valence-electron chi connectivity index (χ3n) is 3.16. The summed E-state index contributed by atoms with van der Waals surface area (Å²) >= 11 is 0. The number of likely N-dealkylation sites (N-methyl/N-ethyl adjacent to an activating group) is 1. The van der Waals surface area contributed by atoms with Gasteiger partial charge in [-0.15, -0.1) is 0 Å². The molecular formula is C13H31N5O. The summed E-state index contributed by atoms with van der Waals surface area (Å²) in [6.45, 7) is 10.4. The van der Waals surface area contributed by atoms with E-state index in [0.29, 0.717) is 18.5 Å². The molecule has 0 aromatic heterocycles. The minimum atomic E-state index is 0.596. The number of hydrogen-bond donors (Lipinski definition) is 3. The van der Waals surface area contributed by atoms with E-state index in [1.807, 2.05) is 6.92 Å². The number of hydrazine groups is 1. The summed E-state index contributed by atoms with van der Waals surface area (Å²) in [5, 5.41) is 3.20. The fourth-order valence-corrected chi connectivity index (χ4v) is 1.54. The van der Waals surface area contributed by atoms with Gasteiger partial charge in [-0.3, -0.25) is 10.4 Å². The third kappa shape index (κ3) is 9.69. The molecule has 1 unspecified atom stereocenters. The van der Waals surface area contributed by atoms with Gasteiger partial charge in [-0.25, -0.2) is 5.84 Å². The molecule has 0 saturated carbocycles. The largest absolute Gasteiger partial charge is 0.382 e. The van der Waals surface area contributed by atoms with Gasteiger partial charge in [-0.05, 0) is 33.7 Å². The number of nitrogens with zero attached hydrogens (tertiary/aromatic N) is 2. The zero-order valence-corrected chi connectivity index (χ0v) is 12.9. The highest BCUT2D eigenvalue weighted by Gasteiger charge is 2.05. The smallest absolute Gasteiger partial charge is 0.205 e. The van der Waals surface area contributed by atoms with E-state index in [1.165, 1.54) is 0 Å². The molecule has 1 atom stereocenters. The molecule has 0 rings (SSSR count). The molecule has 19 heavy (non-hydrogen) atoms. The minimum absolute atomic E-state index is 0.596. The number of nitrogens with two attached hydrogens (primary N) is 1. The summed E-state index contributed by atoms with van der Waals surface area (Å²) in [6.07, 6.45) is 2.07. The van der Waals surface area contributed by atoms with E-state index in [9.17, 15) is 0 Å². The van der Waals surface area contributed by atoms with Crippen molar-refractivity contribution in [1.82, 2.24) is 15.6 Å². The third-order valence-corrected chi connectivity index (χ3v) is 3.16. The normalized spacial score (nSPS) is 13.7. The van der Waals surface area contributed by atoms with Crippen LogP contribution in [0.3, 0.4) is 0 Å². The Labute approximate surface area is 117 Å². The van der Waals surface area contributed by atoms with E-state index < -0.39 is 0 Å². The molecule has 0 bridgehead atoms. The van der Waals surface area contributed by atoms with Crippen LogP contribution >= 0.6 is 0 Å². The maximum absolute atomic E-state index is 5.43. The van der Waals surface area contributed by atoms with Crippen molar-refractivity contribution >= 4 is 5.96 Å². The lowest BCUT2D eigenvalue weighted by Crippen LogP contribution is -2.45. The van der Waals surface area contributed by atoms with Crippen molar-refractivity contribution in [3.8, 4) is 0 Å². The average molecular weight is 273 g/mol. The second kappa shape index (κ2) is 12.2. The van der Waals surface area contributed by atoms with Gasteiger partial charge in [0.25, 0.3) is 0 Å². The molecule has 4 N–H and O–H groups in total. The Morgan fingerprint density at radius 3 is 2.74 bits per heavy atom. The second-order valence-electron chi connectivity index (χ2n) is 4.59. The van der Waals surface area contributed by atoms with Gasteiger partial charge in [0.2, 0.25) is 5.96 Å². The van der Waals surface area contributed by atoms with Crippen LogP contribution in [0.5, 0.6) is 0 Å². The Balaban J connectivity index is 3.77. The van der Waals surface area contributed by atoms with Gasteiger partial charge in [-0.1, -0.05) is 6.92 Å². The maximum atomic E-state index is 5.43.